The van der Waals surface area contributed by atoms with Crippen LogP contribution in [0, 0.1) is 0 Å². The van der Waals surface area contributed by atoms with Crippen LogP contribution in [0.3, 0.4) is 0 Å². The van der Waals surface area contributed by atoms with Crippen molar-refractivity contribution in [1.29, 1.82) is 0 Å². The Hall–Kier alpha value is -2.93. The Bertz CT molecular complexity index is 808. The van der Waals surface area contributed by atoms with Gasteiger partial charge >= 0.3 is 0 Å². The Morgan fingerprint density at radius 3 is 2.48 bits per heavy atom. The minimum absolute atomic E-state index is 0.0175. The fourth-order valence-electron chi connectivity index (χ4n) is 2.14. The lowest BCUT2D eigenvalue weighted by Gasteiger charge is -2.13. The molecule has 0 radical (unpaired) electrons. The summed E-state index contributed by atoms with van der Waals surface area (Å²) in [5.74, 6) is 0.527. The molecule has 0 aliphatic carbocycles. The molecule has 0 fully saturated rings. The number of halogens is 1. The molecule has 0 saturated heterocycles. The second kappa shape index (κ2) is 8.25. The molecule has 0 aliphatic rings. The summed E-state index contributed by atoms with van der Waals surface area (Å²) in [7, 11) is 4.49. The van der Waals surface area contributed by atoms with Gasteiger partial charge in [-0.05, 0) is 30.3 Å². The zero-order valence-corrected chi connectivity index (χ0v) is 14.6. The van der Waals surface area contributed by atoms with Crippen LogP contribution in [0.5, 0.6) is 23.0 Å². The summed E-state index contributed by atoms with van der Waals surface area (Å²) in [5.41, 5.74) is 2.90. The highest BCUT2D eigenvalue weighted by molar-refractivity contribution is 6.31. The maximum Gasteiger partial charge on any atom is 0.275 e. The summed E-state index contributed by atoms with van der Waals surface area (Å²) in [6.45, 7) is 0. The van der Waals surface area contributed by atoms with Crippen molar-refractivity contribution < 1.29 is 24.1 Å². The van der Waals surface area contributed by atoms with Gasteiger partial charge in [0.1, 0.15) is 5.75 Å². The van der Waals surface area contributed by atoms with Gasteiger partial charge in [0.05, 0.1) is 33.1 Å². The van der Waals surface area contributed by atoms with Gasteiger partial charge in [-0.25, -0.2) is 5.43 Å². The van der Waals surface area contributed by atoms with E-state index in [0.717, 1.165) is 0 Å². The third kappa shape index (κ3) is 4.13. The minimum Gasteiger partial charge on any atom is -0.507 e. The van der Waals surface area contributed by atoms with E-state index in [2.05, 4.69) is 10.5 Å². The summed E-state index contributed by atoms with van der Waals surface area (Å²) in [6.07, 6.45) is 1.39. The first-order chi connectivity index (χ1) is 12.0. The second-order valence-electron chi connectivity index (χ2n) is 4.78. The lowest BCUT2D eigenvalue weighted by atomic mass is 10.2. The van der Waals surface area contributed by atoms with Crippen molar-refractivity contribution in [3.63, 3.8) is 0 Å². The quantitative estimate of drug-likeness (QED) is 0.607. The van der Waals surface area contributed by atoms with Crippen LogP contribution in [0.25, 0.3) is 0 Å². The first kappa shape index (κ1) is 18.4. The fraction of sp³-hybridized carbons (Fsp3) is 0.176. The molecule has 7 nitrogen and oxygen atoms in total. The third-order valence-electron chi connectivity index (χ3n) is 3.31. The number of aromatic hydroxyl groups is 1. The number of carbonyl (C=O) groups is 1. The van der Waals surface area contributed by atoms with Crippen molar-refractivity contribution in [2.45, 2.75) is 0 Å². The highest BCUT2D eigenvalue weighted by Crippen LogP contribution is 2.38. The zero-order valence-electron chi connectivity index (χ0n) is 13.9. The molecule has 2 aromatic carbocycles. The lowest BCUT2D eigenvalue weighted by Crippen LogP contribution is -2.17. The van der Waals surface area contributed by atoms with Crippen LogP contribution < -0.4 is 19.6 Å². The van der Waals surface area contributed by atoms with Gasteiger partial charge in [-0.1, -0.05) is 11.6 Å². The molecule has 0 spiro atoms. The Morgan fingerprint density at radius 2 is 1.84 bits per heavy atom. The predicted molar refractivity (Wildman–Crippen MR) is 94.3 cm³/mol. The molecule has 0 atom stereocenters. The molecule has 8 heteroatoms. The van der Waals surface area contributed by atoms with Gasteiger partial charge in [0.15, 0.2) is 11.5 Å². The number of benzene rings is 2. The molecule has 25 heavy (non-hydrogen) atoms. The molecular weight excluding hydrogens is 348 g/mol. The normalized spacial score (nSPS) is 10.6. The van der Waals surface area contributed by atoms with Crippen LogP contribution in [-0.4, -0.2) is 38.6 Å². The Balaban J connectivity index is 2.22. The summed E-state index contributed by atoms with van der Waals surface area (Å²) < 4.78 is 15.8. The monoisotopic (exact) mass is 364 g/mol. The predicted octanol–water partition coefficient (Wildman–Crippen LogP) is 2.84. The van der Waals surface area contributed by atoms with E-state index in [1.54, 1.807) is 12.1 Å². The molecule has 2 N–H and O–H groups in total. The molecular formula is C17H17ClN2O5. The van der Waals surface area contributed by atoms with Crippen LogP contribution in [0.2, 0.25) is 5.02 Å². The molecule has 0 heterocycles. The highest BCUT2D eigenvalue weighted by atomic mass is 35.5. The molecule has 0 unspecified atom stereocenters. The maximum atomic E-state index is 12.1. The number of phenolic OH excluding ortho intramolecular Hbond substituents is 1. The number of rotatable bonds is 6. The molecule has 0 aliphatic heterocycles. The Morgan fingerprint density at radius 1 is 1.12 bits per heavy atom. The van der Waals surface area contributed by atoms with Crippen LogP contribution in [0.1, 0.15) is 15.9 Å². The van der Waals surface area contributed by atoms with Gasteiger partial charge in [0, 0.05) is 10.6 Å². The SMILES string of the molecule is COc1ccc(/C=N/NC(=O)c2cc(Cl)ccc2O)c(OC)c1OC. The van der Waals surface area contributed by atoms with Crippen LogP contribution in [0.4, 0.5) is 0 Å². The fourth-order valence-corrected chi connectivity index (χ4v) is 2.31. The number of carbonyl (C=O) groups excluding carboxylic acids is 1. The topological polar surface area (TPSA) is 89.4 Å². The van der Waals surface area contributed by atoms with E-state index in [9.17, 15) is 9.90 Å². The van der Waals surface area contributed by atoms with E-state index in [0.29, 0.717) is 27.8 Å². The van der Waals surface area contributed by atoms with E-state index in [4.69, 9.17) is 25.8 Å². The summed E-state index contributed by atoms with van der Waals surface area (Å²) in [4.78, 5) is 12.1. The van der Waals surface area contributed by atoms with E-state index in [1.807, 2.05) is 0 Å². The van der Waals surface area contributed by atoms with Crippen LogP contribution in [0.15, 0.2) is 35.4 Å². The number of nitrogens with zero attached hydrogens (tertiary/aromatic N) is 1. The van der Waals surface area contributed by atoms with E-state index in [1.165, 1.54) is 45.7 Å². The van der Waals surface area contributed by atoms with E-state index in [-0.39, 0.29) is 11.3 Å². The van der Waals surface area contributed by atoms with Crippen molar-refractivity contribution in [3.05, 3.63) is 46.5 Å². The largest absolute Gasteiger partial charge is 0.507 e. The number of nitrogens with one attached hydrogen (secondary N) is 1. The lowest BCUT2D eigenvalue weighted by molar-refractivity contribution is 0.0952. The number of methoxy groups -OCH3 is 3. The number of amides is 1. The van der Waals surface area contributed by atoms with Gasteiger partial charge in [0.25, 0.3) is 5.91 Å². The van der Waals surface area contributed by atoms with Crippen molar-refractivity contribution in [2.75, 3.05) is 21.3 Å². The molecule has 132 valence electrons. The minimum atomic E-state index is -0.601. The van der Waals surface area contributed by atoms with Crippen molar-refractivity contribution in [2.24, 2.45) is 5.10 Å². The van der Waals surface area contributed by atoms with Gasteiger partial charge in [-0.15, -0.1) is 0 Å². The molecule has 0 bridgehead atoms. The van der Waals surface area contributed by atoms with Gasteiger partial charge in [0.2, 0.25) is 5.75 Å². The molecule has 0 aromatic heterocycles. The average Bonchev–Trinajstić information content (AvgIpc) is 2.62. The molecule has 0 saturated carbocycles. The standard InChI is InChI=1S/C17H17ClN2O5/c1-23-14-7-4-10(15(24-2)16(14)25-3)9-19-20-17(22)12-8-11(18)5-6-13(12)21/h4-9,21H,1-3H3,(H,20,22)/b19-9+. The molecule has 2 rings (SSSR count). The number of hydrogen-bond acceptors (Lipinski definition) is 6. The Kier molecular flexibility index (Phi) is 6.08. The summed E-state index contributed by atoms with van der Waals surface area (Å²) >= 11 is 5.82. The van der Waals surface area contributed by atoms with Crippen molar-refractivity contribution in [3.8, 4) is 23.0 Å². The van der Waals surface area contributed by atoms with Crippen LogP contribution >= 0.6 is 11.6 Å². The van der Waals surface area contributed by atoms with E-state index < -0.39 is 5.91 Å². The number of ether oxygens (including phenoxy) is 3. The number of phenols is 1. The first-order valence-electron chi connectivity index (χ1n) is 7.12. The number of hydrazone groups is 1. The maximum absolute atomic E-state index is 12.1. The number of hydrogen-bond donors (Lipinski definition) is 2. The molecule has 1 amide bonds. The summed E-state index contributed by atoms with van der Waals surface area (Å²) in [6, 6.07) is 7.54. The van der Waals surface area contributed by atoms with Crippen LogP contribution in [-0.2, 0) is 0 Å². The van der Waals surface area contributed by atoms with Gasteiger partial charge in [-0.2, -0.15) is 5.10 Å². The van der Waals surface area contributed by atoms with Gasteiger partial charge in [-0.3, -0.25) is 4.79 Å². The van der Waals surface area contributed by atoms with Gasteiger partial charge < -0.3 is 19.3 Å². The summed E-state index contributed by atoms with van der Waals surface area (Å²) in [5, 5.41) is 13.9. The third-order valence-corrected chi connectivity index (χ3v) is 3.54. The highest BCUT2D eigenvalue weighted by Gasteiger charge is 2.15. The van der Waals surface area contributed by atoms with E-state index >= 15 is 0 Å². The second-order valence-corrected chi connectivity index (χ2v) is 5.22. The smallest absolute Gasteiger partial charge is 0.275 e. The average molecular weight is 365 g/mol. The zero-order chi connectivity index (χ0) is 18.4. The van der Waals surface area contributed by atoms with Crippen molar-refractivity contribution >= 4 is 23.7 Å². The first-order valence-corrected chi connectivity index (χ1v) is 7.50. The Labute approximate surface area is 149 Å². The van der Waals surface area contributed by atoms with Crippen molar-refractivity contribution in [1.82, 2.24) is 5.43 Å². The molecule has 2 aromatic rings.